The third kappa shape index (κ3) is 4.34. The molecule has 1 unspecified atom stereocenters. The Morgan fingerprint density at radius 1 is 0.765 bits per heavy atom. The number of carbonyl (C=O) groups is 2. The average Bonchev–Trinajstić information content (AvgIpc) is 2.85. The Bertz CT molecular complexity index is 1290. The van der Waals surface area contributed by atoms with Crippen LogP contribution >= 0.6 is 7.80 Å². The van der Waals surface area contributed by atoms with Gasteiger partial charge in [-0.3, -0.25) is 4.79 Å². The third-order valence-electron chi connectivity index (χ3n) is 6.04. The van der Waals surface area contributed by atoms with Crippen molar-refractivity contribution in [1.29, 1.82) is 0 Å². The number of hydrogen-bond acceptors (Lipinski definition) is 6. The molecule has 0 aliphatic heterocycles. The van der Waals surface area contributed by atoms with Crippen molar-refractivity contribution in [2.45, 2.75) is 27.7 Å². The molecule has 0 aliphatic rings. The third-order valence-corrected chi connectivity index (χ3v) is 7.46. The predicted molar refractivity (Wildman–Crippen MR) is 133 cm³/mol. The topological polar surface area (TPSA) is 78.9 Å². The van der Waals surface area contributed by atoms with E-state index in [2.05, 4.69) is 0 Å². The molecule has 0 amide bonds. The fraction of sp³-hybridized carbons (Fsp3) is 0.259. The van der Waals surface area contributed by atoms with Gasteiger partial charge < -0.3 is 14.2 Å². The van der Waals surface area contributed by atoms with Crippen LogP contribution in [-0.4, -0.2) is 32.6 Å². The van der Waals surface area contributed by atoms with Crippen LogP contribution in [0.4, 0.5) is 0 Å². The van der Waals surface area contributed by atoms with Crippen LogP contribution in [0.3, 0.4) is 0 Å². The van der Waals surface area contributed by atoms with Crippen molar-refractivity contribution in [1.82, 2.24) is 0 Å². The van der Waals surface area contributed by atoms with Gasteiger partial charge in [0.25, 0.3) is 5.30 Å². The Labute approximate surface area is 200 Å². The van der Waals surface area contributed by atoms with E-state index in [0.29, 0.717) is 11.1 Å². The van der Waals surface area contributed by atoms with Crippen molar-refractivity contribution in [3.63, 3.8) is 0 Å². The van der Waals surface area contributed by atoms with Crippen molar-refractivity contribution in [3.05, 3.63) is 81.4 Å². The van der Waals surface area contributed by atoms with Crippen LogP contribution in [0, 0.1) is 27.7 Å². The highest BCUT2D eigenvalue weighted by atomic mass is 31.1. The van der Waals surface area contributed by atoms with E-state index in [0.717, 1.165) is 22.3 Å². The first-order chi connectivity index (χ1) is 16.2. The maximum Gasteiger partial charge on any atom is 0.466 e. The summed E-state index contributed by atoms with van der Waals surface area (Å²) in [6, 6.07) is 12.1. The van der Waals surface area contributed by atoms with Crippen molar-refractivity contribution in [2.75, 3.05) is 21.3 Å². The minimum Gasteiger partial charge on any atom is -0.492 e. The highest BCUT2D eigenvalue weighted by Gasteiger charge is 2.44. The highest BCUT2D eigenvalue weighted by molar-refractivity contribution is 7.72. The largest absolute Gasteiger partial charge is 0.492 e. The molecule has 0 fully saturated rings. The Morgan fingerprint density at radius 2 is 1.38 bits per heavy atom. The van der Waals surface area contributed by atoms with Crippen molar-refractivity contribution in [2.24, 2.45) is 0 Å². The fourth-order valence-corrected chi connectivity index (χ4v) is 5.56. The van der Waals surface area contributed by atoms with Gasteiger partial charge >= 0.3 is 13.3 Å². The van der Waals surface area contributed by atoms with E-state index in [1.54, 1.807) is 24.3 Å². The molecule has 1 atom stereocenters. The van der Waals surface area contributed by atoms with E-state index in [9.17, 15) is 14.2 Å². The number of methoxy groups -OCH3 is 3. The number of aryl methyl sites for hydroxylation is 2. The minimum atomic E-state index is -2.66. The number of rotatable bonds is 8. The van der Waals surface area contributed by atoms with E-state index in [-0.39, 0.29) is 33.9 Å². The van der Waals surface area contributed by atoms with Crippen LogP contribution < -0.4 is 19.5 Å². The van der Waals surface area contributed by atoms with Crippen molar-refractivity contribution < 1.29 is 28.4 Å². The summed E-state index contributed by atoms with van der Waals surface area (Å²) < 4.78 is 30.3. The molecule has 34 heavy (non-hydrogen) atoms. The lowest BCUT2D eigenvalue weighted by atomic mass is 9.95. The van der Waals surface area contributed by atoms with E-state index in [4.69, 9.17) is 14.2 Å². The first-order valence-electron chi connectivity index (χ1n) is 10.7. The second kappa shape index (κ2) is 10.2. The van der Waals surface area contributed by atoms with Crippen LogP contribution in [-0.2, 0) is 4.57 Å². The molecule has 0 aliphatic carbocycles. The average molecular weight is 479 g/mol. The van der Waals surface area contributed by atoms with Gasteiger partial charge in [0.2, 0.25) is 5.75 Å². The van der Waals surface area contributed by atoms with Crippen molar-refractivity contribution in [3.8, 4) is 17.2 Å². The monoisotopic (exact) mass is 479 g/mol. The number of ether oxygens (including phenoxy) is 3. The normalized spacial score (nSPS) is 11.1. The van der Waals surface area contributed by atoms with Crippen LogP contribution in [0.2, 0.25) is 0 Å². The standard InChI is InChI=1S/C27H28O6P/c1-15-13-16(2)22(18(4)17(15)3)27(29)34(30)26-21(31-5)14-20(24(32-6)25(26)33-7)23(28)19-11-9-8-10-12-19/h8-14H,1-7H3/q+1. The molecular formula is C27H28O6P+. The van der Waals surface area contributed by atoms with Gasteiger partial charge in [0.1, 0.15) is 0 Å². The minimum absolute atomic E-state index is 0.0368. The summed E-state index contributed by atoms with van der Waals surface area (Å²) in [4.78, 5) is 26.8. The summed E-state index contributed by atoms with van der Waals surface area (Å²) >= 11 is 0. The van der Waals surface area contributed by atoms with Gasteiger partial charge in [0, 0.05) is 11.6 Å². The highest BCUT2D eigenvalue weighted by Crippen LogP contribution is 2.44. The molecule has 0 spiro atoms. The fourth-order valence-electron chi connectivity index (χ4n) is 4.08. The zero-order chi connectivity index (χ0) is 25.2. The quantitative estimate of drug-likeness (QED) is 0.315. The molecule has 7 heteroatoms. The first-order valence-corrected chi connectivity index (χ1v) is 12.0. The molecule has 0 bridgehead atoms. The van der Waals surface area contributed by atoms with E-state index in [1.807, 2.05) is 39.8 Å². The lowest BCUT2D eigenvalue weighted by Crippen LogP contribution is -2.16. The Kier molecular flexibility index (Phi) is 7.53. The van der Waals surface area contributed by atoms with Gasteiger partial charge in [0.15, 0.2) is 17.3 Å². The summed E-state index contributed by atoms with van der Waals surface area (Å²) in [5, 5.41) is 0.0588. The van der Waals surface area contributed by atoms with E-state index >= 15 is 0 Å². The van der Waals surface area contributed by atoms with E-state index in [1.165, 1.54) is 27.4 Å². The second-order valence-corrected chi connectivity index (χ2v) is 9.41. The zero-order valence-electron chi connectivity index (χ0n) is 20.4. The molecule has 0 radical (unpaired) electrons. The Hall–Kier alpha value is -3.50. The van der Waals surface area contributed by atoms with Gasteiger partial charge in [-0.1, -0.05) is 41.0 Å². The molecule has 3 rings (SSSR count). The first kappa shape index (κ1) is 25.1. The maximum absolute atomic E-state index is 13.7. The SMILES string of the molecule is COc1cc(C(=O)c2ccccc2)c(OC)c(OC)c1[P+](=O)C(=O)c1c(C)cc(C)c(C)c1C. The summed E-state index contributed by atoms with van der Waals surface area (Å²) in [5.41, 5.74) is 4.06. The summed E-state index contributed by atoms with van der Waals surface area (Å²) in [6.45, 7) is 7.58. The molecule has 176 valence electrons. The van der Waals surface area contributed by atoms with Crippen LogP contribution in [0.5, 0.6) is 17.2 Å². The number of hydrogen-bond donors (Lipinski definition) is 0. The maximum atomic E-state index is 13.7. The Morgan fingerprint density at radius 3 is 1.94 bits per heavy atom. The number of ketones is 1. The number of benzene rings is 3. The van der Waals surface area contributed by atoms with Gasteiger partial charge in [-0.05, 0) is 49.9 Å². The molecule has 6 nitrogen and oxygen atoms in total. The van der Waals surface area contributed by atoms with Gasteiger partial charge in [-0.25, -0.2) is 4.79 Å². The molecule has 0 saturated carbocycles. The van der Waals surface area contributed by atoms with Crippen LogP contribution in [0.15, 0.2) is 42.5 Å². The molecular weight excluding hydrogens is 451 g/mol. The molecule has 0 N–H and O–H groups in total. The van der Waals surface area contributed by atoms with Gasteiger partial charge in [-0.2, -0.15) is 0 Å². The molecule has 0 heterocycles. The van der Waals surface area contributed by atoms with Gasteiger partial charge in [0.05, 0.1) is 32.5 Å². The van der Waals surface area contributed by atoms with Crippen molar-refractivity contribution >= 4 is 24.4 Å². The predicted octanol–water partition coefficient (Wildman–Crippen LogP) is 5.47. The van der Waals surface area contributed by atoms with Crippen LogP contribution in [0.25, 0.3) is 0 Å². The van der Waals surface area contributed by atoms with E-state index < -0.39 is 13.3 Å². The lowest BCUT2D eigenvalue weighted by molar-refractivity contribution is 0.103. The Balaban J connectivity index is 2.23. The molecule has 0 saturated heterocycles. The van der Waals surface area contributed by atoms with Crippen LogP contribution in [0.1, 0.15) is 48.5 Å². The summed E-state index contributed by atoms with van der Waals surface area (Å²) in [7, 11) is 1.50. The molecule has 0 aromatic heterocycles. The number of carbonyl (C=O) groups excluding carboxylic acids is 2. The summed E-state index contributed by atoms with van der Waals surface area (Å²) in [6.07, 6.45) is 0. The molecule has 3 aromatic carbocycles. The molecule has 3 aromatic rings. The lowest BCUT2D eigenvalue weighted by Gasteiger charge is -2.15. The zero-order valence-corrected chi connectivity index (χ0v) is 21.3. The second-order valence-electron chi connectivity index (χ2n) is 7.97. The smallest absolute Gasteiger partial charge is 0.466 e. The van der Waals surface area contributed by atoms with Gasteiger partial charge in [-0.15, -0.1) is 0 Å². The summed E-state index contributed by atoms with van der Waals surface area (Å²) in [5.74, 6) is -0.0694.